The van der Waals surface area contributed by atoms with Crippen molar-refractivity contribution in [3.63, 3.8) is 0 Å². The second-order valence-corrected chi connectivity index (χ2v) is 7.17. The van der Waals surface area contributed by atoms with Gasteiger partial charge in [-0.2, -0.15) is 0 Å². The van der Waals surface area contributed by atoms with Crippen LogP contribution in [0.1, 0.15) is 10.6 Å². The van der Waals surface area contributed by atoms with E-state index in [1.165, 1.54) is 12.1 Å². The molecule has 0 amide bonds. The van der Waals surface area contributed by atoms with Crippen molar-refractivity contribution in [3.05, 3.63) is 75.1 Å². The lowest BCUT2D eigenvalue weighted by atomic mass is 10.1. The van der Waals surface area contributed by atoms with Crippen LogP contribution in [0.3, 0.4) is 0 Å². The predicted octanol–water partition coefficient (Wildman–Crippen LogP) is 5.59. The van der Waals surface area contributed by atoms with Crippen molar-refractivity contribution in [2.75, 3.05) is 6.54 Å². The summed E-state index contributed by atoms with van der Waals surface area (Å²) in [5.41, 5.74) is 2.01. The second kappa shape index (κ2) is 8.08. The average molecular weight is 381 g/mol. The number of hydrogen-bond acceptors (Lipinski definition) is 3. The predicted molar refractivity (Wildman–Crippen MR) is 99.4 cm³/mol. The smallest absolute Gasteiger partial charge is 0.123 e. The zero-order chi connectivity index (χ0) is 16.9. The van der Waals surface area contributed by atoms with Gasteiger partial charge < -0.3 is 5.32 Å². The van der Waals surface area contributed by atoms with E-state index in [1.807, 2.05) is 18.3 Å². The van der Waals surface area contributed by atoms with E-state index in [0.717, 1.165) is 34.0 Å². The summed E-state index contributed by atoms with van der Waals surface area (Å²) in [6.45, 7) is 1.49. The van der Waals surface area contributed by atoms with Gasteiger partial charge in [-0.1, -0.05) is 47.5 Å². The Morgan fingerprint density at radius 2 is 1.88 bits per heavy atom. The van der Waals surface area contributed by atoms with Crippen LogP contribution < -0.4 is 5.32 Å². The normalized spacial score (nSPS) is 11.0. The van der Waals surface area contributed by atoms with E-state index < -0.39 is 0 Å². The monoisotopic (exact) mass is 380 g/mol. The van der Waals surface area contributed by atoms with Crippen LogP contribution >= 0.6 is 34.5 Å². The van der Waals surface area contributed by atoms with Crippen LogP contribution in [0.15, 0.2) is 48.7 Å². The lowest BCUT2D eigenvalue weighted by molar-refractivity contribution is 0.626. The van der Waals surface area contributed by atoms with Gasteiger partial charge in [-0.3, -0.25) is 0 Å². The molecule has 0 bridgehead atoms. The van der Waals surface area contributed by atoms with E-state index >= 15 is 0 Å². The number of nitrogens with zero attached hydrogens (tertiary/aromatic N) is 1. The Kier molecular flexibility index (Phi) is 5.85. The Balaban J connectivity index is 1.54. The first-order valence-corrected chi connectivity index (χ1v) is 9.05. The third kappa shape index (κ3) is 4.33. The van der Waals surface area contributed by atoms with E-state index in [-0.39, 0.29) is 5.82 Å². The minimum absolute atomic E-state index is 0.207. The maximum absolute atomic E-state index is 12.9. The summed E-state index contributed by atoms with van der Waals surface area (Å²) in [6, 6.07) is 12.2. The molecular weight excluding hydrogens is 366 g/mol. The highest BCUT2D eigenvalue weighted by molar-refractivity contribution is 7.15. The van der Waals surface area contributed by atoms with Crippen molar-refractivity contribution in [2.24, 2.45) is 0 Å². The first kappa shape index (κ1) is 17.4. The summed E-state index contributed by atoms with van der Waals surface area (Å²) in [5.74, 6) is -0.207. The SMILES string of the molecule is Fc1ccc(CCNCc2ncc(-c3cccc(Cl)c3Cl)s2)cc1. The van der Waals surface area contributed by atoms with Gasteiger partial charge in [-0.05, 0) is 36.7 Å². The maximum atomic E-state index is 12.9. The van der Waals surface area contributed by atoms with Crippen molar-refractivity contribution in [1.29, 1.82) is 0 Å². The van der Waals surface area contributed by atoms with Gasteiger partial charge in [0.05, 0.1) is 14.9 Å². The molecule has 0 unspecified atom stereocenters. The minimum atomic E-state index is -0.207. The molecule has 1 aromatic heterocycles. The lowest BCUT2D eigenvalue weighted by Gasteiger charge is -2.03. The van der Waals surface area contributed by atoms with Gasteiger partial charge in [0.1, 0.15) is 10.8 Å². The van der Waals surface area contributed by atoms with E-state index in [0.29, 0.717) is 16.6 Å². The Labute approximate surface area is 154 Å². The molecular formula is C18H15Cl2FN2S. The third-order valence-electron chi connectivity index (χ3n) is 3.55. The van der Waals surface area contributed by atoms with Crippen LogP contribution in [0.4, 0.5) is 4.39 Å². The number of nitrogens with one attached hydrogen (secondary N) is 1. The molecule has 1 N–H and O–H groups in total. The summed E-state index contributed by atoms with van der Waals surface area (Å²) in [6.07, 6.45) is 2.66. The van der Waals surface area contributed by atoms with Crippen LogP contribution in [0.5, 0.6) is 0 Å². The fourth-order valence-corrected chi connectivity index (χ4v) is 3.67. The molecule has 2 aromatic carbocycles. The molecule has 0 spiro atoms. The van der Waals surface area contributed by atoms with Crippen LogP contribution in [0, 0.1) is 5.82 Å². The summed E-state index contributed by atoms with van der Waals surface area (Å²) in [5, 5.41) is 5.43. The third-order valence-corrected chi connectivity index (χ3v) is 5.40. The highest BCUT2D eigenvalue weighted by atomic mass is 35.5. The lowest BCUT2D eigenvalue weighted by Crippen LogP contribution is -2.16. The number of hydrogen-bond donors (Lipinski definition) is 1. The Morgan fingerprint density at radius 1 is 1.08 bits per heavy atom. The molecule has 0 fully saturated rings. The molecule has 0 radical (unpaired) electrons. The molecule has 0 aliphatic heterocycles. The first-order chi connectivity index (χ1) is 11.6. The Morgan fingerprint density at radius 3 is 2.67 bits per heavy atom. The van der Waals surface area contributed by atoms with Gasteiger partial charge in [0, 0.05) is 18.3 Å². The van der Waals surface area contributed by atoms with Crippen LogP contribution in [-0.2, 0) is 13.0 Å². The molecule has 6 heteroatoms. The van der Waals surface area contributed by atoms with Crippen molar-refractivity contribution in [1.82, 2.24) is 10.3 Å². The molecule has 0 atom stereocenters. The molecule has 124 valence electrons. The molecule has 24 heavy (non-hydrogen) atoms. The van der Waals surface area contributed by atoms with E-state index in [4.69, 9.17) is 23.2 Å². The molecule has 1 heterocycles. The summed E-state index contributed by atoms with van der Waals surface area (Å²) >= 11 is 13.9. The summed E-state index contributed by atoms with van der Waals surface area (Å²) in [7, 11) is 0. The fraction of sp³-hybridized carbons (Fsp3) is 0.167. The van der Waals surface area contributed by atoms with Crippen molar-refractivity contribution in [2.45, 2.75) is 13.0 Å². The fourth-order valence-electron chi connectivity index (χ4n) is 2.29. The second-order valence-electron chi connectivity index (χ2n) is 5.27. The largest absolute Gasteiger partial charge is 0.310 e. The molecule has 2 nitrogen and oxygen atoms in total. The van der Waals surface area contributed by atoms with Gasteiger partial charge in [0.25, 0.3) is 0 Å². The maximum Gasteiger partial charge on any atom is 0.123 e. The van der Waals surface area contributed by atoms with E-state index in [2.05, 4.69) is 10.3 Å². The van der Waals surface area contributed by atoms with Crippen molar-refractivity contribution in [3.8, 4) is 10.4 Å². The number of aromatic nitrogens is 1. The van der Waals surface area contributed by atoms with E-state index in [1.54, 1.807) is 29.5 Å². The molecule has 0 aliphatic rings. The highest BCUT2D eigenvalue weighted by Gasteiger charge is 2.10. The van der Waals surface area contributed by atoms with Crippen LogP contribution in [0.25, 0.3) is 10.4 Å². The zero-order valence-corrected chi connectivity index (χ0v) is 15.1. The number of benzene rings is 2. The number of thiazole rings is 1. The number of rotatable bonds is 6. The molecule has 3 rings (SSSR count). The van der Waals surface area contributed by atoms with Gasteiger partial charge in [0.15, 0.2) is 0 Å². The number of halogens is 3. The Hall–Kier alpha value is -1.46. The van der Waals surface area contributed by atoms with Crippen LogP contribution in [0.2, 0.25) is 10.0 Å². The van der Waals surface area contributed by atoms with Gasteiger partial charge >= 0.3 is 0 Å². The summed E-state index contributed by atoms with van der Waals surface area (Å²) < 4.78 is 12.9. The van der Waals surface area contributed by atoms with Crippen LogP contribution in [-0.4, -0.2) is 11.5 Å². The topological polar surface area (TPSA) is 24.9 Å². The zero-order valence-electron chi connectivity index (χ0n) is 12.7. The van der Waals surface area contributed by atoms with Crippen molar-refractivity contribution >= 4 is 34.5 Å². The molecule has 0 aliphatic carbocycles. The summed E-state index contributed by atoms with van der Waals surface area (Å²) in [4.78, 5) is 5.42. The molecule has 0 saturated carbocycles. The first-order valence-electron chi connectivity index (χ1n) is 7.48. The molecule has 3 aromatic rings. The standard InChI is InChI=1S/C18H15Cl2FN2S/c19-15-3-1-2-14(18(15)20)16-10-23-17(24-16)11-22-9-8-12-4-6-13(21)7-5-12/h1-7,10,22H,8-9,11H2. The highest BCUT2D eigenvalue weighted by Crippen LogP contribution is 2.36. The van der Waals surface area contributed by atoms with Crippen molar-refractivity contribution < 1.29 is 4.39 Å². The quantitative estimate of drug-likeness (QED) is 0.563. The average Bonchev–Trinajstić information content (AvgIpc) is 3.04. The van der Waals surface area contributed by atoms with Gasteiger partial charge in [-0.25, -0.2) is 9.37 Å². The molecule has 0 saturated heterocycles. The Bertz CT molecular complexity index is 818. The van der Waals surface area contributed by atoms with E-state index in [9.17, 15) is 4.39 Å². The van der Waals surface area contributed by atoms with Gasteiger partial charge in [0.2, 0.25) is 0 Å². The minimum Gasteiger partial charge on any atom is -0.310 e. The van der Waals surface area contributed by atoms with Gasteiger partial charge in [-0.15, -0.1) is 11.3 Å².